The smallest absolute Gasteiger partial charge is 0.232 e. The Labute approximate surface area is 169 Å². The lowest BCUT2D eigenvalue weighted by atomic mass is 9.99. The van der Waals surface area contributed by atoms with Crippen LogP contribution in [-0.4, -0.2) is 37.3 Å². The number of carbonyl (C=O) groups excluding carboxylic acids is 1. The number of methoxy groups -OCH3 is 2. The molecule has 0 aliphatic carbocycles. The number of benzene rings is 2. The summed E-state index contributed by atoms with van der Waals surface area (Å²) in [7, 11) is 3.27. The van der Waals surface area contributed by atoms with E-state index in [1.165, 1.54) is 5.56 Å². The number of thioether (sulfide) groups is 1. The van der Waals surface area contributed by atoms with Crippen molar-refractivity contribution in [3.63, 3.8) is 0 Å². The first-order valence-electron chi connectivity index (χ1n) is 8.91. The highest BCUT2D eigenvalue weighted by atomic mass is 35.5. The molecule has 0 bridgehead atoms. The number of rotatable bonds is 6. The number of carbonyl (C=O) groups is 1. The SMILES string of the molecule is COc1cc2c(cc1OC)CN(C(=O)CSC(C)c1ccccc1Cl)CC2. The predicted molar refractivity (Wildman–Crippen MR) is 111 cm³/mol. The molecular formula is C21H24ClNO3S. The van der Waals surface area contributed by atoms with E-state index in [2.05, 4.69) is 6.92 Å². The minimum Gasteiger partial charge on any atom is -0.493 e. The third kappa shape index (κ3) is 4.53. The minimum absolute atomic E-state index is 0.152. The molecule has 1 heterocycles. The molecule has 0 aromatic heterocycles. The van der Waals surface area contributed by atoms with Crippen LogP contribution >= 0.6 is 23.4 Å². The van der Waals surface area contributed by atoms with Gasteiger partial charge in [0.1, 0.15) is 0 Å². The van der Waals surface area contributed by atoms with Crippen molar-refractivity contribution < 1.29 is 14.3 Å². The molecule has 0 fully saturated rings. The Morgan fingerprint density at radius 1 is 1.19 bits per heavy atom. The van der Waals surface area contributed by atoms with E-state index >= 15 is 0 Å². The normalized spacial score (nSPS) is 14.4. The standard InChI is InChI=1S/C21H24ClNO3S/c1-14(17-6-4-5-7-18(17)22)27-13-21(24)23-9-8-15-10-19(25-2)20(26-3)11-16(15)12-23/h4-7,10-11,14H,8-9,12-13H2,1-3H3. The zero-order valence-electron chi connectivity index (χ0n) is 15.8. The molecule has 2 aromatic rings. The molecule has 1 amide bonds. The van der Waals surface area contributed by atoms with Crippen LogP contribution in [0.15, 0.2) is 36.4 Å². The van der Waals surface area contributed by atoms with Gasteiger partial charge in [-0.25, -0.2) is 0 Å². The van der Waals surface area contributed by atoms with Gasteiger partial charge in [-0.15, -0.1) is 11.8 Å². The number of ether oxygens (including phenoxy) is 2. The zero-order chi connectivity index (χ0) is 19.4. The van der Waals surface area contributed by atoms with Crippen molar-refractivity contribution >= 4 is 29.3 Å². The third-order valence-electron chi connectivity index (χ3n) is 4.87. The van der Waals surface area contributed by atoms with Crippen LogP contribution in [0.4, 0.5) is 0 Å². The zero-order valence-corrected chi connectivity index (χ0v) is 17.4. The van der Waals surface area contributed by atoms with Gasteiger partial charge in [0, 0.05) is 23.4 Å². The molecule has 0 saturated heterocycles. The van der Waals surface area contributed by atoms with E-state index in [9.17, 15) is 4.79 Å². The molecule has 2 aromatic carbocycles. The fraction of sp³-hybridized carbons (Fsp3) is 0.381. The maximum absolute atomic E-state index is 12.7. The Hall–Kier alpha value is -1.85. The molecule has 0 radical (unpaired) electrons. The molecule has 27 heavy (non-hydrogen) atoms. The van der Waals surface area contributed by atoms with Gasteiger partial charge < -0.3 is 14.4 Å². The summed E-state index contributed by atoms with van der Waals surface area (Å²) < 4.78 is 10.8. The number of hydrogen-bond donors (Lipinski definition) is 0. The van der Waals surface area contributed by atoms with Crippen LogP contribution in [0.2, 0.25) is 5.02 Å². The van der Waals surface area contributed by atoms with Crippen molar-refractivity contribution in [1.29, 1.82) is 0 Å². The predicted octanol–water partition coefficient (Wildman–Crippen LogP) is 4.74. The summed E-state index contributed by atoms with van der Waals surface area (Å²) in [5.74, 6) is 2.03. The average Bonchev–Trinajstić information content (AvgIpc) is 2.70. The molecule has 1 atom stereocenters. The van der Waals surface area contributed by atoms with Crippen LogP contribution in [0.25, 0.3) is 0 Å². The lowest BCUT2D eigenvalue weighted by Gasteiger charge is -2.30. The number of nitrogens with zero attached hydrogens (tertiary/aromatic N) is 1. The molecule has 1 unspecified atom stereocenters. The number of halogens is 1. The van der Waals surface area contributed by atoms with Crippen molar-refractivity contribution in [3.05, 3.63) is 58.1 Å². The van der Waals surface area contributed by atoms with Crippen LogP contribution in [0.5, 0.6) is 11.5 Å². The van der Waals surface area contributed by atoms with Gasteiger partial charge in [-0.3, -0.25) is 4.79 Å². The Balaban J connectivity index is 1.63. The Morgan fingerprint density at radius 3 is 2.52 bits per heavy atom. The maximum atomic E-state index is 12.7. The summed E-state index contributed by atoms with van der Waals surface area (Å²) in [6, 6.07) is 11.8. The van der Waals surface area contributed by atoms with Crippen molar-refractivity contribution in [2.24, 2.45) is 0 Å². The van der Waals surface area contributed by atoms with Gasteiger partial charge in [-0.05, 0) is 48.2 Å². The topological polar surface area (TPSA) is 38.8 Å². The average molecular weight is 406 g/mol. The highest BCUT2D eigenvalue weighted by molar-refractivity contribution is 8.00. The quantitative estimate of drug-likeness (QED) is 0.696. The van der Waals surface area contributed by atoms with Gasteiger partial charge in [-0.1, -0.05) is 29.8 Å². The van der Waals surface area contributed by atoms with Crippen molar-refractivity contribution in [1.82, 2.24) is 4.90 Å². The van der Waals surface area contributed by atoms with Crippen LogP contribution in [0.3, 0.4) is 0 Å². The summed E-state index contributed by atoms with van der Waals surface area (Å²) in [5.41, 5.74) is 3.41. The first-order valence-corrected chi connectivity index (χ1v) is 10.3. The van der Waals surface area contributed by atoms with Crippen molar-refractivity contribution in [3.8, 4) is 11.5 Å². The second kappa shape index (κ2) is 8.89. The maximum Gasteiger partial charge on any atom is 0.232 e. The molecule has 3 rings (SSSR count). The van der Waals surface area contributed by atoms with Gasteiger partial charge in [0.25, 0.3) is 0 Å². The molecule has 1 aliphatic heterocycles. The lowest BCUT2D eigenvalue weighted by molar-refractivity contribution is -0.129. The van der Waals surface area contributed by atoms with Crippen LogP contribution in [-0.2, 0) is 17.8 Å². The van der Waals surface area contributed by atoms with E-state index in [1.807, 2.05) is 41.3 Å². The number of amides is 1. The molecule has 4 nitrogen and oxygen atoms in total. The van der Waals surface area contributed by atoms with E-state index in [4.69, 9.17) is 21.1 Å². The summed E-state index contributed by atoms with van der Waals surface area (Å²) in [6.45, 7) is 3.42. The van der Waals surface area contributed by atoms with E-state index in [1.54, 1.807) is 26.0 Å². The molecule has 6 heteroatoms. The van der Waals surface area contributed by atoms with Gasteiger partial charge in [-0.2, -0.15) is 0 Å². The lowest BCUT2D eigenvalue weighted by Crippen LogP contribution is -2.37. The van der Waals surface area contributed by atoms with Crippen molar-refractivity contribution in [2.75, 3.05) is 26.5 Å². The second-order valence-electron chi connectivity index (χ2n) is 6.52. The molecular weight excluding hydrogens is 382 g/mol. The fourth-order valence-electron chi connectivity index (χ4n) is 3.28. The monoisotopic (exact) mass is 405 g/mol. The molecule has 144 valence electrons. The van der Waals surface area contributed by atoms with Gasteiger partial charge in [0.2, 0.25) is 5.91 Å². The van der Waals surface area contributed by atoms with E-state index in [0.717, 1.165) is 34.9 Å². The number of fused-ring (bicyclic) bond motifs is 1. The highest BCUT2D eigenvalue weighted by Gasteiger charge is 2.23. The Kier molecular flexibility index (Phi) is 6.55. The van der Waals surface area contributed by atoms with Crippen molar-refractivity contribution in [2.45, 2.75) is 25.1 Å². The summed E-state index contributed by atoms with van der Waals surface area (Å²) in [4.78, 5) is 14.6. The Bertz CT molecular complexity index is 827. The van der Waals surface area contributed by atoms with E-state index in [0.29, 0.717) is 18.0 Å². The summed E-state index contributed by atoms with van der Waals surface area (Å²) in [5, 5.41) is 0.918. The minimum atomic E-state index is 0.152. The van der Waals surface area contributed by atoms with Crippen LogP contribution in [0, 0.1) is 0 Å². The van der Waals surface area contributed by atoms with E-state index in [-0.39, 0.29) is 11.2 Å². The third-order valence-corrected chi connectivity index (χ3v) is 6.38. The molecule has 0 N–H and O–H groups in total. The van der Waals surface area contributed by atoms with Crippen LogP contribution < -0.4 is 9.47 Å². The first-order chi connectivity index (χ1) is 13.0. The fourth-order valence-corrected chi connectivity index (χ4v) is 4.60. The van der Waals surface area contributed by atoms with Gasteiger partial charge in [0.05, 0.1) is 20.0 Å². The van der Waals surface area contributed by atoms with E-state index < -0.39 is 0 Å². The summed E-state index contributed by atoms with van der Waals surface area (Å²) in [6.07, 6.45) is 0.826. The van der Waals surface area contributed by atoms with Gasteiger partial charge >= 0.3 is 0 Å². The van der Waals surface area contributed by atoms with Gasteiger partial charge in [0.15, 0.2) is 11.5 Å². The molecule has 1 aliphatic rings. The summed E-state index contributed by atoms with van der Waals surface area (Å²) >= 11 is 7.88. The first kappa shape index (κ1) is 19.9. The highest BCUT2D eigenvalue weighted by Crippen LogP contribution is 2.35. The number of hydrogen-bond acceptors (Lipinski definition) is 4. The largest absolute Gasteiger partial charge is 0.493 e. The molecule has 0 spiro atoms. The van der Waals surface area contributed by atoms with Crippen LogP contribution in [0.1, 0.15) is 28.9 Å². The second-order valence-corrected chi connectivity index (χ2v) is 8.25. The Morgan fingerprint density at radius 2 is 1.85 bits per heavy atom. The molecule has 0 saturated carbocycles.